The van der Waals surface area contributed by atoms with Crippen LogP contribution in [-0.2, 0) is 16.0 Å². The van der Waals surface area contributed by atoms with Gasteiger partial charge in [-0.15, -0.1) is 0 Å². The Morgan fingerprint density at radius 1 is 1.21 bits per heavy atom. The minimum Gasteiger partial charge on any atom is -0.342 e. The van der Waals surface area contributed by atoms with Crippen LogP contribution in [0.15, 0.2) is 35.3 Å². The Morgan fingerprint density at radius 3 is 2.54 bits per heavy atom. The second-order valence-electron chi connectivity index (χ2n) is 8.99. The van der Waals surface area contributed by atoms with Crippen LogP contribution in [0.2, 0.25) is 0 Å². The molecule has 3 saturated heterocycles. The molecule has 4 aliphatic rings. The topological polar surface area (TPSA) is 73.8 Å². The van der Waals surface area contributed by atoms with Gasteiger partial charge in [-0.1, -0.05) is 30.3 Å². The average molecular weight is 380 g/mol. The number of benzene rings is 1. The van der Waals surface area contributed by atoms with Gasteiger partial charge in [-0.3, -0.25) is 14.6 Å². The molecule has 0 unspecified atom stereocenters. The quantitative estimate of drug-likeness (QED) is 0.837. The second kappa shape index (κ2) is 6.41. The van der Waals surface area contributed by atoms with Crippen LogP contribution in [0.4, 0.5) is 0 Å². The first-order valence-electron chi connectivity index (χ1n) is 10.5. The van der Waals surface area contributed by atoms with Crippen molar-refractivity contribution >= 4 is 17.6 Å². The van der Waals surface area contributed by atoms with E-state index in [4.69, 9.17) is 0 Å². The molecule has 2 bridgehead atoms. The van der Waals surface area contributed by atoms with E-state index in [1.54, 1.807) is 0 Å². The summed E-state index contributed by atoms with van der Waals surface area (Å²) in [7, 11) is 0. The number of likely N-dealkylation sites (tertiary alicyclic amines) is 1. The first kappa shape index (κ1) is 17.9. The van der Waals surface area contributed by atoms with E-state index in [9.17, 15) is 9.59 Å². The number of nitrogens with one attached hydrogen (secondary N) is 2. The molecule has 28 heavy (non-hydrogen) atoms. The molecule has 2 N–H and O–H groups in total. The lowest BCUT2D eigenvalue weighted by Gasteiger charge is -2.43. The second-order valence-corrected chi connectivity index (χ2v) is 8.99. The van der Waals surface area contributed by atoms with Crippen molar-refractivity contribution in [1.29, 1.82) is 0 Å². The SMILES string of the molecule is CC1=NC2(CCN(C(=O)[C@]3(Cc4ccccc4)C[C@@H]4CC[C@H]3N4)CC2)C(=O)N1. The maximum atomic E-state index is 13.8. The number of hydrogen-bond acceptors (Lipinski definition) is 4. The highest BCUT2D eigenvalue weighted by Crippen LogP contribution is 2.47. The molecule has 1 spiro atoms. The van der Waals surface area contributed by atoms with E-state index in [1.165, 1.54) is 12.0 Å². The molecule has 6 nitrogen and oxygen atoms in total. The number of piperidine rings is 1. The van der Waals surface area contributed by atoms with Crippen LogP contribution in [0.3, 0.4) is 0 Å². The highest BCUT2D eigenvalue weighted by atomic mass is 16.2. The van der Waals surface area contributed by atoms with E-state index >= 15 is 0 Å². The average Bonchev–Trinajstić information content (AvgIpc) is 3.37. The highest BCUT2D eigenvalue weighted by Gasteiger charge is 2.57. The Morgan fingerprint density at radius 2 is 1.96 bits per heavy atom. The van der Waals surface area contributed by atoms with Crippen LogP contribution < -0.4 is 10.6 Å². The molecule has 3 atom stereocenters. The zero-order valence-corrected chi connectivity index (χ0v) is 16.4. The van der Waals surface area contributed by atoms with Crippen molar-refractivity contribution in [3.8, 4) is 0 Å². The van der Waals surface area contributed by atoms with Crippen molar-refractivity contribution in [1.82, 2.24) is 15.5 Å². The molecule has 0 saturated carbocycles. The first-order chi connectivity index (χ1) is 13.5. The number of hydrogen-bond donors (Lipinski definition) is 2. The molecule has 0 radical (unpaired) electrons. The molecular formula is C22H28N4O2. The van der Waals surface area contributed by atoms with E-state index in [0.29, 0.717) is 37.8 Å². The van der Waals surface area contributed by atoms with Crippen molar-refractivity contribution in [2.45, 2.75) is 63.1 Å². The molecule has 2 amide bonds. The van der Waals surface area contributed by atoms with Gasteiger partial charge in [-0.25, -0.2) is 0 Å². The summed E-state index contributed by atoms with van der Waals surface area (Å²) in [6.07, 6.45) is 5.19. The van der Waals surface area contributed by atoms with Crippen LogP contribution in [0.5, 0.6) is 0 Å². The minimum absolute atomic E-state index is 0.00214. The summed E-state index contributed by atoms with van der Waals surface area (Å²) in [5.74, 6) is 0.963. The number of rotatable bonds is 3. The highest BCUT2D eigenvalue weighted by molar-refractivity contribution is 6.07. The molecule has 0 aliphatic carbocycles. The number of fused-ring (bicyclic) bond motifs is 2. The van der Waals surface area contributed by atoms with E-state index < -0.39 is 5.54 Å². The van der Waals surface area contributed by atoms with Gasteiger partial charge in [0.15, 0.2) is 0 Å². The third kappa shape index (κ3) is 2.69. The number of amidine groups is 1. The van der Waals surface area contributed by atoms with Gasteiger partial charge in [0.25, 0.3) is 5.91 Å². The summed E-state index contributed by atoms with van der Waals surface area (Å²) in [4.78, 5) is 32.8. The summed E-state index contributed by atoms with van der Waals surface area (Å²) < 4.78 is 0. The van der Waals surface area contributed by atoms with Gasteiger partial charge in [0.05, 0.1) is 5.41 Å². The van der Waals surface area contributed by atoms with Crippen LogP contribution >= 0.6 is 0 Å². The van der Waals surface area contributed by atoms with Crippen molar-refractivity contribution in [2.24, 2.45) is 10.4 Å². The maximum absolute atomic E-state index is 13.8. The fraction of sp³-hybridized carbons (Fsp3) is 0.591. The largest absolute Gasteiger partial charge is 0.342 e. The third-order valence-corrected chi connectivity index (χ3v) is 7.28. The van der Waals surface area contributed by atoms with Crippen molar-refractivity contribution in [3.05, 3.63) is 35.9 Å². The summed E-state index contributed by atoms with van der Waals surface area (Å²) >= 11 is 0. The van der Waals surface area contributed by atoms with Crippen LogP contribution in [0, 0.1) is 5.41 Å². The smallest absolute Gasteiger partial charge is 0.253 e. The first-order valence-corrected chi connectivity index (χ1v) is 10.5. The minimum atomic E-state index is -0.652. The van der Waals surface area contributed by atoms with Crippen LogP contribution in [0.25, 0.3) is 0 Å². The molecule has 4 aliphatic heterocycles. The Kier molecular flexibility index (Phi) is 4.09. The molecule has 6 heteroatoms. The summed E-state index contributed by atoms with van der Waals surface area (Å²) in [6.45, 7) is 3.05. The fourth-order valence-electron chi connectivity index (χ4n) is 5.88. The van der Waals surface area contributed by atoms with Gasteiger partial charge >= 0.3 is 0 Å². The van der Waals surface area contributed by atoms with Gasteiger partial charge in [-0.2, -0.15) is 0 Å². The van der Waals surface area contributed by atoms with Gasteiger partial charge in [-0.05, 0) is 51.0 Å². The normalized spacial score (nSPS) is 33.2. The molecule has 148 valence electrons. The predicted octanol–water partition coefficient (Wildman–Crippen LogP) is 1.65. The molecule has 3 fully saturated rings. The molecule has 1 aromatic carbocycles. The van der Waals surface area contributed by atoms with Crippen molar-refractivity contribution in [2.75, 3.05) is 13.1 Å². The molecule has 1 aromatic rings. The summed E-state index contributed by atoms with van der Waals surface area (Å²) in [5.41, 5.74) is 0.223. The maximum Gasteiger partial charge on any atom is 0.253 e. The van der Waals surface area contributed by atoms with E-state index in [1.807, 2.05) is 17.9 Å². The zero-order valence-electron chi connectivity index (χ0n) is 16.4. The lowest BCUT2D eigenvalue weighted by Crippen LogP contribution is -2.56. The Balaban J connectivity index is 1.37. The van der Waals surface area contributed by atoms with Gasteiger partial charge in [0.1, 0.15) is 11.4 Å². The van der Waals surface area contributed by atoms with Crippen LogP contribution in [0.1, 0.15) is 44.6 Å². The number of carbonyl (C=O) groups is 2. The Labute approximate surface area is 165 Å². The number of carbonyl (C=O) groups excluding carboxylic acids is 2. The monoisotopic (exact) mass is 380 g/mol. The number of nitrogens with zero attached hydrogens (tertiary/aromatic N) is 2. The van der Waals surface area contributed by atoms with E-state index in [2.05, 4.69) is 39.9 Å². The third-order valence-electron chi connectivity index (χ3n) is 7.28. The van der Waals surface area contributed by atoms with Crippen molar-refractivity contribution in [3.63, 3.8) is 0 Å². The zero-order chi connectivity index (χ0) is 19.4. The van der Waals surface area contributed by atoms with Crippen LogP contribution in [-0.4, -0.2) is 53.3 Å². The molecule has 5 rings (SSSR count). The Hall–Kier alpha value is -2.21. The van der Waals surface area contributed by atoms with E-state index in [-0.39, 0.29) is 23.3 Å². The van der Waals surface area contributed by atoms with E-state index in [0.717, 1.165) is 19.3 Å². The lowest BCUT2D eigenvalue weighted by molar-refractivity contribution is -0.146. The summed E-state index contributed by atoms with van der Waals surface area (Å²) in [5, 5.41) is 6.52. The number of aliphatic imine (C=N–C) groups is 1. The van der Waals surface area contributed by atoms with Crippen molar-refractivity contribution < 1.29 is 9.59 Å². The Bertz CT molecular complexity index is 828. The molecular weight excluding hydrogens is 352 g/mol. The van der Waals surface area contributed by atoms with Gasteiger partial charge < -0.3 is 15.5 Å². The molecule has 4 heterocycles. The van der Waals surface area contributed by atoms with Gasteiger partial charge in [0.2, 0.25) is 5.91 Å². The lowest BCUT2D eigenvalue weighted by atomic mass is 9.68. The molecule has 0 aromatic heterocycles. The number of amides is 2. The van der Waals surface area contributed by atoms with Gasteiger partial charge in [0, 0.05) is 25.2 Å². The predicted molar refractivity (Wildman–Crippen MR) is 107 cm³/mol. The fourth-order valence-corrected chi connectivity index (χ4v) is 5.88. The summed E-state index contributed by atoms with van der Waals surface area (Å²) in [6, 6.07) is 11.1. The standard InChI is InChI=1S/C22H28N4O2/c1-15-23-19(27)22(25-15)9-11-26(12-10-22)20(28)21(13-16-5-3-2-4-6-16)14-17-7-8-18(21)24-17/h2-6,17-18,24H,7-14H2,1H3,(H,23,25,27)/t17-,18+,21+/m0/s1.